The number of nitrogens with one attached hydrogen (secondary N) is 1. The molecule has 96 valence electrons. The van der Waals surface area contributed by atoms with Crippen molar-refractivity contribution in [3.63, 3.8) is 0 Å². The first-order valence-corrected chi connectivity index (χ1v) is 8.09. The van der Waals surface area contributed by atoms with Gasteiger partial charge in [0.2, 0.25) is 10.0 Å². The summed E-state index contributed by atoms with van der Waals surface area (Å²) in [6, 6.07) is 1.84. The maximum absolute atomic E-state index is 12.1. The van der Waals surface area contributed by atoms with E-state index in [1.807, 2.05) is 6.92 Å². The molecular formula is C11H18N2O2S2. The van der Waals surface area contributed by atoms with E-state index >= 15 is 0 Å². The normalized spacial score (nSPS) is 23.9. The Bertz CT molecular complexity index is 508. The number of aryl methyl sites for hydroxylation is 1. The van der Waals surface area contributed by atoms with Crippen molar-refractivity contribution in [3.8, 4) is 0 Å². The van der Waals surface area contributed by atoms with Crippen LogP contribution in [0.3, 0.4) is 0 Å². The lowest BCUT2D eigenvalue weighted by Crippen LogP contribution is -2.26. The smallest absolute Gasteiger partial charge is 0.250 e. The zero-order valence-electron chi connectivity index (χ0n) is 10.1. The Hall–Kier alpha value is -0.430. The Labute approximate surface area is 106 Å². The minimum Gasteiger partial charge on any atom is -0.326 e. The fraction of sp³-hybridized carbons (Fsp3) is 0.636. The van der Waals surface area contributed by atoms with Crippen LogP contribution in [0.2, 0.25) is 0 Å². The molecule has 0 amide bonds. The summed E-state index contributed by atoms with van der Waals surface area (Å²) >= 11 is 1.27. The lowest BCUT2D eigenvalue weighted by Gasteiger charge is -2.02. The highest BCUT2D eigenvalue weighted by Gasteiger charge is 2.39. The molecular weight excluding hydrogens is 256 g/mol. The molecule has 0 bridgehead atoms. The zero-order chi connectivity index (χ0) is 12.6. The molecule has 0 aromatic carbocycles. The molecule has 6 heteroatoms. The van der Waals surface area contributed by atoms with E-state index in [0.717, 1.165) is 23.3 Å². The highest BCUT2D eigenvalue weighted by atomic mass is 32.2. The number of rotatable bonds is 5. The van der Waals surface area contributed by atoms with Crippen LogP contribution < -0.4 is 10.5 Å². The predicted molar refractivity (Wildman–Crippen MR) is 69.5 cm³/mol. The summed E-state index contributed by atoms with van der Waals surface area (Å²) in [5.74, 6) is 0.514. The third kappa shape index (κ3) is 2.70. The second-order valence-corrected chi connectivity index (χ2v) is 7.59. The highest BCUT2D eigenvalue weighted by molar-refractivity contribution is 7.91. The van der Waals surface area contributed by atoms with Crippen molar-refractivity contribution in [2.75, 3.05) is 0 Å². The van der Waals surface area contributed by atoms with Gasteiger partial charge in [-0.15, -0.1) is 11.3 Å². The van der Waals surface area contributed by atoms with Crippen molar-refractivity contribution in [2.45, 2.75) is 43.5 Å². The van der Waals surface area contributed by atoms with E-state index in [-0.39, 0.29) is 6.04 Å². The van der Waals surface area contributed by atoms with Crippen LogP contribution in [0.4, 0.5) is 0 Å². The van der Waals surface area contributed by atoms with E-state index in [1.54, 1.807) is 6.07 Å². The van der Waals surface area contributed by atoms with E-state index in [1.165, 1.54) is 11.3 Å². The molecule has 1 aliphatic rings. The van der Waals surface area contributed by atoms with E-state index in [2.05, 4.69) is 11.6 Å². The zero-order valence-corrected chi connectivity index (χ0v) is 11.7. The molecule has 17 heavy (non-hydrogen) atoms. The van der Waals surface area contributed by atoms with Crippen LogP contribution >= 0.6 is 11.3 Å². The van der Waals surface area contributed by atoms with E-state index < -0.39 is 10.0 Å². The fourth-order valence-corrected chi connectivity index (χ4v) is 4.73. The number of sulfonamides is 1. The van der Waals surface area contributed by atoms with Gasteiger partial charge in [0.05, 0.1) is 0 Å². The molecule has 1 aromatic heterocycles. The first kappa shape index (κ1) is 13.0. The van der Waals surface area contributed by atoms with Crippen LogP contribution in [-0.4, -0.2) is 14.5 Å². The molecule has 1 aromatic rings. The molecule has 1 heterocycles. The van der Waals surface area contributed by atoms with Crippen molar-refractivity contribution in [1.82, 2.24) is 4.72 Å². The Balaban J connectivity index is 2.14. The molecule has 2 rings (SSSR count). The second-order valence-electron chi connectivity index (χ2n) is 4.51. The Morgan fingerprint density at radius 1 is 1.59 bits per heavy atom. The summed E-state index contributed by atoms with van der Waals surface area (Å²) in [5, 5.41) is 0. The highest BCUT2D eigenvalue weighted by Crippen LogP contribution is 2.35. The first-order valence-electron chi connectivity index (χ1n) is 5.79. The number of thiophene rings is 1. The molecule has 0 saturated heterocycles. The fourth-order valence-electron chi connectivity index (χ4n) is 1.92. The molecule has 0 spiro atoms. The van der Waals surface area contributed by atoms with Gasteiger partial charge in [0.1, 0.15) is 4.21 Å². The molecule has 2 atom stereocenters. The van der Waals surface area contributed by atoms with Gasteiger partial charge in [-0.05, 0) is 30.9 Å². The quantitative estimate of drug-likeness (QED) is 0.856. The Morgan fingerprint density at radius 2 is 2.29 bits per heavy atom. The van der Waals surface area contributed by atoms with Crippen LogP contribution in [0.5, 0.6) is 0 Å². The van der Waals surface area contributed by atoms with Gasteiger partial charge in [-0.2, -0.15) is 0 Å². The van der Waals surface area contributed by atoms with Crippen LogP contribution in [0, 0.1) is 12.8 Å². The number of hydrogen-bond acceptors (Lipinski definition) is 4. The average molecular weight is 274 g/mol. The second kappa shape index (κ2) is 4.68. The van der Waals surface area contributed by atoms with Gasteiger partial charge in [-0.3, -0.25) is 0 Å². The number of nitrogens with two attached hydrogens (primary N) is 1. The molecule has 1 fully saturated rings. The minimum atomic E-state index is -3.34. The van der Waals surface area contributed by atoms with Gasteiger partial charge in [-0.25, -0.2) is 13.1 Å². The monoisotopic (exact) mass is 274 g/mol. The largest absolute Gasteiger partial charge is 0.326 e. The van der Waals surface area contributed by atoms with Crippen molar-refractivity contribution in [2.24, 2.45) is 11.7 Å². The molecule has 1 aliphatic carbocycles. The van der Waals surface area contributed by atoms with Crippen molar-refractivity contribution >= 4 is 21.4 Å². The standard InChI is InChI=1S/C11H18N2O2S2/c1-3-8-5-9(8)13-17(14,15)11-4-7(2)10(6-12)16-11/h4,8-9,13H,3,5-6,12H2,1-2H3. The van der Waals surface area contributed by atoms with E-state index in [0.29, 0.717) is 16.7 Å². The molecule has 0 aliphatic heterocycles. The van der Waals surface area contributed by atoms with Gasteiger partial charge >= 0.3 is 0 Å². The van der Waals surface area contributed by atoms with E-state index in [4.69, 9.17) is 5.73 Å². The van der Waals surface area contributed by atoms with Crippen molar-refractivity contribution < 1.29 is 8.42 Å². The SMILES string of the molecule is CCC1CC1NS(=O)(=O)c1cc(C)c(CN)s1. The third-order valence-electron chi connectivity index (χ3n) is 3.20. The molecule has 1 saturated carbocycles. The van der Waals surface area contributed by atoms with Crippen molar-refractivity contribution in [3.05, 3.63) is 16.5 Å². The molecule has 4 nitrogen and oxygen atoms in total. The lowest BCUT2D eigenvalue weighted by molar-refractivity contribution is 0.578. The molecule has 2 unspecified atom stereocenters. The Kier molecular flexibility index (Phi) is 3.58. The summed E-state index contributed by atoms with van der Waals surface area (Å²) in [6.45, 7) is 4.37. The van der Waals surface area contributed by atoms with Crippen molar-refractivity contribution in [1.29, 1.82) is 0 Å². The summed E-state index contributed by atoms with van der Waals surface area (Å²) in [7, 11) is -3.34. The summed E-state index contributed by atoms with van der Waals surface area (Å²) < 4.78 is 27.3. The van der Waals surface area contributed by atoms with E-state index in [9.17, 15) is 8.42 Å². The van der Waals surface area contributed by atoms with Crippen LogP contribution in [0.1, 0.15) is 30.2 Å². The maximum atomic E-state index is 12.1. The van der Waals surface area contributed by atoms with Gasteiger partial charge in [0, 0.05) is 17.5 Å². The number of hydrogen-bond donors (Lipinski definition) is 2. The van der Waals surface area contributed by atoms with Gasteiger partial charge in [0.25, 0.3) is 0 Å². The van der Waals surface area contributed by atoms with Gasteiger partial charge in [0.15, 0.2) is 0 Å². The van der Waals surface area contributed by atoms with Gasteiger partial charge in [-0.1, -0.05) is 13.3 Å². The van der Waals surface area contributed by atoms with Crippen LogP contribution in [-0.2, 0) is 16.6 Å². The summed E-state index contributed by atoms with van der Waals surface area (Å²) in [5.41, 5.74) is 6.52. The van der Waals surface area contributed by atoms with Crippen LogP contribution in [0.25, 0.3) is 0 Å². The van der Waals surface area contributed by atoms with Gasteiger partial charge < -0.3 is 5.73 Å². The average Bonchev–Trinajstić information content (AvgIpc) is 2.89. The lowest BCUT2D eigenvalue weighted by atomic mass is 10.3. The first-order chi connectivity index (χ1) is 7.97. The molecule has 0 radical (unpaired) electrons. The summed E-state index contributed by atoms with van der Waals surface area (Å²) in [4.78, 5) is 0.938. The minimum absolute atomic E-state index is 0.133. The van der Waals surface area contributed by atoms with Crippen LogP contribution in [0.15, 0.2) is 10.3 Å². The molecule has 3 N–H and O–H groups in total. The maximum Gasteiger partial charge on any atom is 0.250 e. The predicted octanol–water partition coefficient (Wildman–Crippen LogP) is 1.59. The Morgan fingerprint density at radius 3 is 2.76 bits per heavy atom. The summed E-state index contributed by atoms with van der Waals surface area (Å²) in [6.07, 6.45) is 1.99. The third-order valence-corrected chi connectivity index (χ3v) is 6.42. The topological polar surface area (TPSA) is 72.2 Å².